The van der Waals surface area contributed by atoms with E-state index in [0.29, 0.717) is 6.04 Å². The molecule has 1 aliphatic carbocycles. The molecule has 4 heteroatoms. The van der Waals surface area contributed by atoms with Gasteiger partial charge < -0.3 is 10.2 Å². The van der Waals surface area contributed by atoms with Gasteiger partial charge >= 0.3 is 0 Å². The number of anilines is 2. The third kappa shape index (κ3) is 3.16. The third-order valence-corrected chi connectivity index (χ3v) is 4.98. The van der Waals surface area contributed by atoms with Crippen LogP contribution in [0.1, 0.15) is 42.5 Å². The van der Waals surface area contributed by atoms with Gasteiger partial charge in [0.25, 0.3) is 0 Å². The second kappa shape index (κ2) is 6.19. The van der Waals surface area contributed by atoms with Gasteiger partial charge in [-0.3, -0.25) is 0 Å². The van der Waals surface area contributed by atoms with Crippen molar-refractivity contribution < 1.29 is 0 Å². The smallest absolute Gasteiger partial charge is 0.225 e. The summed E-state index contributed by atoms with van der Waals surface area (Å²) in [6.07, 6.45) is 6.20. The largest absolute Gasteiger partial charge is 0.352 e. The van der Waals surface area contributed by atoms with Crippen LogP contribution in [0.2, 0.25) is 0 Å². The Morgan fingerprint density at radius 3 is 2.70 bits per heavy atom. The number of aromatic nitrogens is 2. The zero-order chi connectivity index (χ0) is 15.6. The van der Waals surface area contributed by atoms with Crippen LogP contribution in [0.4, 0.5) is 11.8 Å². The van der Waals surface area contributed by atoms with Crippen molar-refractivity contribution in [1.82, 2.24) is 9.97 Å². The molecule has 0 unspecified atom stereocenters. The van der Waals surface area contributed by atoms with Crippen LogP contribution in [-0.2, 0) is 13.0 Å². The van der Waals surface area contributed by atoms with Crippen LogP contribution in [0, 0.1) is 6.92 Å². The van der Waals surface area contributed by atoms with Crippen LogP contribution in [-0.4, -0.2) is 22.6 Å². The molecule has 2 aromatic rings. The van der Waals surface area contributed by atoms with Gasteiger partial charge in [-0.15, -0.1) is 0 Å². The van der Waals surface area contributed by atoms with E-state index in [2.05, 4.69) is 52.5 Å². The van der Waals surface area contributed by atoms with E-state index in [4.69, 9.17) is 4.98 Å². The van der Waals surface area contributed by atoms with Gasteiger partial charge in [0.05, 0.1) is 0 Å². The number of nitrogens with zero attached hydrogens (tertiary/aromatic N) is 3. The van der Waals surface area contributed by atoms with Crippen molar-refractivity contribution >= 4 is 11.8 Å². The van der Waals surface area contributed by atoms with Crippen molar-refractivity contribution in [2.24, 2.45) is 0 Å². The summed E-state index contributed by atoms with van der Waals surface area (Å²) < 4.78 is 0. The molecule has 23 heavy (non-hydrogen) atoms. The maximum absolute atomic E-state index is 4.80. The maximum atomic E-state index is 4.80. The molecule has 0 radical (unpaired) electrons. The first-order valence-corrected chi connectivity index (χ1v) is 8.72. The molecule has 0 atom stereocenters. The van der Waals surface area contributed by atoms with E-state index in [1.165, 1.54) is 36.8 Å². The summed E-state index contributed by atoms with van der Waals surface area (Å²) >= 11 is 0. The molecule has 4 rings (SSSR count). The molecule has 4 nitrogen and oxygen atoms in total. The lowest BCUT2D eigenvalue weighted by Gasteiger charge is -2.30. The van der Waals surface area contributed by atoms with Crippen LogP contribution in [0.25, 0.3) is 0 Å². The fraction of sp³-hybridized carbons (Fsp3) is 0.474. The zero-order valence-electron chi connectivity index (χ0n) is 13.8. The number of benzene rings is 1. The van der Waals surface area contributed by atoms with Crippen LogP contribution in [0.15, 0.2) is 30.3 Å². The highest BCUT2D eigenvalue weighted by Gasteiger charge is 2.20. The minimum Gasteiger partial charge on any atom is -0.352 e. The van der Waals surface area contributed by atoms with E-state index >= 15 is 0 Å². The van der Waals surface area contributed by atoms with Crippen molar-refractivity contribution in [2.75, 3.05) is 16.8 Å². The highest BCUT2D eigenvalue weighted by atomic mass is 15.2. The van der Waals surface area contributed by atoms with Crippen LogP contribution in [0.3, 0.4) is 0 Å². The number of fused-ring (bicyclic) bond motifs is 1. The summed E-state index contributed by atoms with van der Waals surface area (Å²) in [4.78, 5) is 11.8. The molecule has 0 saturated heterocycles. The van der Waals surface area contributed by atoms with Crippen LogP contribution < -0.4 is 10.2 Å². The van der Waals surface area contributed by atoms with Gasteiger partial charge in [-0.1, -0.05) is 37.1 Å². The second-order valence-electron chi connectivity index (χ2n) is 6.76. The molecule has 0 spiro atoms. The lowest BCUT2D eigenvalue weighted by Crippen LogP contribution is -2.31. The summed E-state index contributed by atoms with van der Waals surface area (Å²) in [6.45, 7) is 4.02. The maximum Gasteiger partial charge on any atom is 0.225 e. The van der Waals surface area contributed by atoms with E-state index in [1.54, 1.807) is 0 Å². The zero-order valence-corrected chi connectivity index (χ0v) is 13.8. The monoisotopic (exact) mass is 308 g/mol. The van der Waals surface area contributed by atoms with E-state index < -0.39 is 0 Å². The Hall–Kier alpha value is -2.10. The van der Waals surface area contributed by atoms with E-state index in [-0.39, 0.29) is 0 Å². The molecular formula is C19H24N4. The van der Waals surface area contributed by atoms with Gasteiger partial charge in [0, 0.05) is 30.9 Å². The number of hydrogen-bond donors (Lipinski definition) is 1. The molecule has 1 N–H and O–H groups in total. The first-order valence-electron chi connectivity index (χ1n) is 8.72. The quantitative estimate of drug-likeness (QED) is 0.938. The Morgan fingerprint density at radius 1 is 1.09 bits per heavy atom. The SMILES string of the molecule is Cc1cc(N2CCc3ccccc3C2)nc(NC2CCCC2)n1. The molecule has 2 aliphatic rings. The molecule has 1 aromatic heterocycles. The summed E-state index contributed by atoms with van der Waals surface area (Å²) in [6, 6.07) is 11.4. The van der Waals surface area contributed by atoms with Crippen molar-refractivity contribution in [2.45, 2.75) is 51.6 Å². The molecule has 0 amide bonds. The average molecular weight is 308 g/mol. The van der Waals surface area contributed by atoms with Crippen molar-refractivity contribution in [3.05, 3.63) is 47.2 Å². The normalized spacial score (nSPS) is 18.0. The predicted octanol–water partition coefficient (Wildman–Crippen LogP) is 3.70. The van der Waals surface area contributed by atoms with Crippen molar-refractivity contribution in [3.63, 3.8) is 0 Å². The molecule has 1 saturated carbocycles. The lowest BCUT2D eigenvalue weighted by molar-refractivity contribution is 0.712. The highest BCUT2D eigenvalue weighted by molar-refractivity contribution is 5.48. The molecule has 0 bridgehead atoms. The highest BCUT2D eigenvalue weighted by Crippen LogP contribution is 2.25. The van der Waals surface area contributed by atoms with Gasteiger partial charge in [-0.2, -0.15) is 4.98 Å². The molecule has 1 fully saturated rings. The molecule has 1 aliphatic heterocycles. The summed E-state index contributed by atoms with van der Waals surface area (Å²) in [5.74, 6) is 1.85. The van der Waals surface area contributed by atoms with Crippen LogP contribution in [0.5, 0.6) is 0 Å². The first-order chi connectivity index (χ1) is 11.3. The number of hydrogen-bond acceptors (Lipinski definition) is 4. The van der Waals surface area contributed by atoms with E-state index in [9.17, 15) is 0 Å². The minimum atomic E-state index is 0.548. The summed E-state index contributed by atoms with van der Waals surface area (Å²) in [5.41, 5.74) is 3.92. The Kier molecular flexibility index (Phi) is 3.90. The molecular weight excluding hydrogens is 284 g/mol. The molecule has 120 valence electrons. The second-order valence-corrected chi connectivity index (χ2v) is 6.76. The Balaban J connectivity index is 1.55. The first kappa shape index (κ1) is 14.5. The Morgan fingerprint density at radius 2 is 1.87 bits per heavy atom. The fourth-order valence-corrected chi connectivity index (χ4v) is 3.72. The number of rotatable bonds is 3. The summed E-state index contributed by atoms with van der Waals surface area (Å²) in [5, 5.41) is 3.53. The fourth-order valence-electron chi connectivity index (χ4n) is 3.72. The average Bonchev–Trinajstić information content (AvgIpc) is 3.07. The van der Waals surface area contributed by atoms with Gasteiger partial charge in [-0.25, -0.2) is 4.98 Å². The summed E-state index contributed by atoms with van der Waals surface area (Å²) in [7, 11) is 0. The van der Waals surface area contributed by atoms with Crippen LogP contribution >= 0.6 is 0 Å². The Labute approximate surface area is 138 Å². The van der Waals surface area contributed by atoms with Gasteiger partial charge in [-0.05, 0) is 37.3 Å². The van der Waals surface area contributed by atoms with Crippen molar-refractivity contribution in [1.29, 1.82) is 0 Å². The molecule has 2 heterocycles. The van der Waals surface area contributed by atoms with Gasteiger partial charge in [0.15, 0.2) is 0 Å². The van der Waals surface area contributed by atoms with E-state index in [1.807, 2.05) is 0 Å². The number of aryl methyl sites for hydroxylation is 1. The standard InChI is InChI=1S/C19H24N4/c1-14-12-18(22-19(20-14)21-17-8-4-5-9-17)23-11-10-15-6-2-3-7-16(15)13-23/h2-3,6-7,12,17H,4-5,8-11,13H2,1H3,(H,20,21,22). The van der Waals surface area contributed by atoms with E-state index in [0.717, 1.165) is 37.0 Å². The number of nitrogens with one attached hydrogen (secondary N) is 1. The van der Waals surface area contributed by atoms with Crippen molar-refractivity contribution in [3.8, 4) is 0 Å². The minimum absolute atomic E-state index is 0.548. The van der Waals surface area contributed by atoms with Gasteiger partial charge in [0.2, 0.25) is 5.95 Å². The molecule has 1 aromatic carbocycles. The topological polar surface area (TPSA) is 41.1 Å². The predicted molar refractivity (Wildman–Crippen MR) is 93.8 cm³/mol. The third-order valence-electron chi connectivity index (χ3n) is 4.98. The van der Waals surface area contributed by atoms with Gasteiger partial charge in [0.1, 0.15) is 5.82 Å². The Bertz CT molecular complexity index is 692. The lowest BCUT2D eigenvalue weighted by atomic mass is 10.00.